The lowest BCUT2D eigenvalue weighted by atomic mass is 10.1. The first-order valence-electron chi connectivity index (χ1n) is 7.28. The summed E-state index contributed by atoms with van der Waals surface area (Å²) in [6, 6.07) is 5.43. The Morgan fingerprint density at radius 3 is 2.75 bits per heavy atom. The van der Waals surface area contributed by atoms with Gasteiger partial charge in [0.2, 0.25) is 5.91 Å². The van der Waals surface area contributed by atoms with Crippen LogP contribution in [-0.4, -0.2) is 29.7 Å². The van der Waals surface area contributed by atoms with Crippen LogP contribution >= 0.6 is 0 Å². The van der Waals surface area contributed by atoms with E-state index in [1.165, 1.54) is 25.1 Å². The SMILES string of the molecule is CC(=O)NC1N=CC=C(C)N1C(C)c1cccc(OC(F)(F)F)c1. The largest absolute Gasteiger partial charge is 0.573 e. The maximum absolute atomic E-state index is 12.4. The first kappa shape index (κ1) is 17.8. The number of rotatable bonds is 4. The summed E-state index contributed by atoms with van der Waals surface area (Å²) in [5, 5.41) is 2.70. The third kappa shape index (κ3) is 4.50. The number of allylic oxidation sites excluding steroid dienone is 2. The van der Waals surface area contributed by atoms with Crippen LogP contribution in [0.4, 0.5) is 13.2 Å². The summed E-state index contributed by atoms with van der Waals surface area (Å²) in [4.78, 5) is 17.4. The molecular formula is C16H18F3N3O2. The Hall–Kier alpha value is -2.51. The van der Waals surface area contributed by atoms with Crippen LogP contribution in [0.5, 0.6) is 5.75 Å². The van der Waals surface area contributed by atoms with Gasteiger partial charge in [0, 0.05) is 18.8 Å². The number of ether oxygens (including phenoxy) is 1. The Balaban J connectivity index is 2.27. The number of amides is 1. The normalized spacial score (nSPS) is 18.8. The van der Waals surface area contributed by atoms with Gasteiger partial charge in [-0.1, -0.05) is 12.1 Å². The molecule has 0 saturated heterocycles. The number of halogens is 3. The van der Waals surface area contributed by atoms with Gasteiger partial charge in [0.1, 0.15) is 5.75 Å². The third-order valence-electron chi connectivity index (χ3n) is 3.54. The highest BCUT2D eigenvalue weighted by atomic mass is 19.4. The smallest absolute Gasteiger partial charge is 0.406 e. The van der Waals surface area contributed by atoms with E-state index < -0.39 is 12.7 Å². The Morgan fingerprint density at radius 2 is 2.12 bits per heavy atom. The van der Waals surface area contributed by atoms with Crippen molar-refractivity contribution in [3.63, 3.8) is 0 Å². The summed E-state index contributed by atoms with van der Waals surface area (Å²) in [6.07, 6.45) is -2.01. The van der Waals surface area contributed by atoms with Gasteiger partial charge in [-0.05, 0) is 37.6 Å². The van der Waals surface area contributed by atoms with E-state index in [0.29, 0.717) is 5.56 Å². The van der Waals surface area contributed by atoms with E-state index in [9.17, 15) is 18.0 Å². The summed E-state index contributed by atoms with van der Waals surface area (Å²) in [5.41, 5.74) is 1.44. The molecule has 130 valence electrons. The molecular weight excluding hydrogens is 323 g/mol. The number of carbonyl (C=O) groups excluding carboxylic acids is 1. The quantitative estimate of drug-likeness (QED) is 0.914. The molecule has 1 aliphatic heterocycles. The maximum Gasteiger partial charge on any atom is 0.573 e. The van der Waals surface area contributed by atoms with Crippen LogP contribution in [0.15, 0.2) is 41.0 Å². The van der Waals surface area contributed by atoms with Crippen molar-refractivity contribution >= 4 is 12.1 Å². The molecule has 1 N–H and O–H groups in total. The summed E-state index contributed by atoms with van der Waals surface area (Å²) in [7, 11) is 0. The van der Waals surface area contributed by atoms with E-state index in [1.807, 2.05) is 18.7 Å². The van der Waals surface area contributed by atoms with Gasteiger partial charge < -0.3 is 15.0 Å². The molecule has 0 fully saturated rings. The Labute approximate surface area is 137 Å². The second-order valence-electron chi connectivity index (χ2n) is 5.38. The van der Waals surface area contributed by atoms with Gasteiger partial charge >= 0.3 is 6.36 Å². The van der Waals surface area contributed by atoms with Crippen molar-refractivity contribution in [2.45, 2.75) is 39.5 Å². The molecule has 0 radical (unpaired) electrons. The predicted octanol–water partition coefficient (Wildman–Crippen LogP) is 3.36. The molecule has 0 spiro atoms. The third-order valence-corrected chi connectivity index (χ3v) is 3.54. The molecule has 1 heterocycles. The fraction of sp³-hybridized carbons (Fsp3) is 0.375. The topological polar surface area (TPSA) is 53.9 Å². The van der Waals surface area contributed by atoms with Crippen molar-refractivity contribution in [1.82, 2.24) is 10.2 Å². The minimum atomic E-state index is -4.74. The number of hydrogen-bond acceptors (Lipinski definition) is 4. The molecule has 2 rings (SSSR count). The Morgan fingerprint density at radius 1 is 1.42 bits per heavy atom. The van der Waals surface area contributed by atoms with E-state index in [4.69, 9.17) is 0 Å². The molecule has 5 nitrogen and oxygen atoms in total. The molecule has 1 aromatic carbocycles. The van der Waals surface area contributed by atoms with Crippen molar-refractivity contribution in [2.75, 3.05) is 0 Å². The number of nitrogens with zero attached hydrogens (tertiary/aromatic N) is 2. The lowest BCUT2D eigenvalue weighted by Crippen LogP contribution is -2.47. The highest BCUT2D eigenvalue weighted by Crippen LogP contribution is 2.31. The zero-order chi connectivity index (χ0) is 17.9. The van der Waals surface area contributed by atoms with E-state index in [2.05, 4.69) is 15.0 Å². The number of alkyl halides is 3. The predicted molar refractivity (Wildman–Crippen MR) is 83.2 cm³/mol. The Kier molecular flexibility index (Phi) is 5.16. The molecule has 0 aromatic heterocycles. The van der Waals surface area contributed by atoms with Crippen molar-refractivity contribution in [2.24, 2.45) is 4.99 Å². The molecule has 1 amide bonds. The average Bonchev–Trinajstić information content (AvgIpc) is 2.44. The first-order valence-corrected chi connectivity index (χ1v) is 7.28. The maximum atomic E-state index is 12.4. The van der Waals surface area contributed by atoms with Gasteiger partial charge in [0.15, 0.2) is 6.29 Å². The molecule has 0 saturated carbocycles. The zero-order valence-corrected chi connectivity index (χ0v) is 13.5. The van der Waals surface area contributed by atoms with Crippen LogP contribution in [0.3, 0.4) is 0 Å². The van der Waals surface area contributed by atoms with Crippen LogP contribution in [0.2, 0.25) is 0 Å². The van der Waals surface area contributed by atoms with Crippen LogP contribution in [-0.2, 0) is 4.79 Å². The summed E-state index contributed by atoms with van der Waals surface area (Å²) < 4.78 is 41.1. The first-order chi connectivity index (χ1) is 11.2. The molecule has 0 aliphatic carbocycles. The average molecular weight is 341 g/mol. The van der Waals surface area contributed by atoms with Crippen molar-refractivity contribution in [1.29, 1.82) is 0 Å². The molecule has 2 atom stereocenters. The molecule has 2 unspecified atom stereocenters. The van der Waals surface area contributed by atoms with Gasteiger partial charge in [-0.3, -0.25) is 4.79 Å². The van der Waals surface area contributed by atoms with Crippen molar-refractivity contribution in [3.05, 3.63) is 41.6 Å². The fourth-order valence-electron chi connectivity index (χ4n) is 2.52. The van der Waals surface area contributed by atoms with E-state index >= 15 is 0 Å². The van der Waals surface area contributed by atoms with E-state index in [0.717, 1.165) is 5.70 Å². The minimum absolute atomic E-state index is 0.252. The molecule has 0 bridgehead atoms. The van der Waals surface area contributed by atoms with Gasteiger partial charge in [0.25, 0.3) is 0 Å². The van der Waals surface area contributed by atoms with Crippen LogP contribution < -0.4 is 10.1 Å². The zero-order valence-electron chi connectivity index (χ0n) is 13.5. The summed E-state index contributed by atoms with van der Waals surface area (Å²) in [6.45, 7) is 5.04. The Bertz CT molecular complexity index is 671. The standard InChI is InChI=1S/C16H18F3N3O2/c1-10-7-8-20-15(21-12(3)23)22(10)11(2)13-5-4-6-14(9-13)24-16(17,18)19/h4-9,11,15H,1-3H3,(H,21,23). The summed E-state index contributed by atoms with van der Waals surface area (Å²) >= 11 is 0. The summed E-state index contributed by atoms with van der Waals surface area (Å²) in [5.74, 6) is -0.539. The minimum Gasteiger partial charge on any atom is -0.406 e. The van der Waals surface area contributed by atoms with Gasteiger partial charge in [-0.25, -0.2) is 4.99 Å². The van der Waals surface area contributed by atoms with Crippen molar-refractivity contribution < 1.29 is 22.7 Å². The van der Waals surface area contributed by atoms with Gasteiger partial charge in [-0.15, -0.1) is 13.2 Å². The fourth-order valence-corrected chi connectivity index (χ4v) is 2.52. The molecule has 8 heteroatoms. The van der Waals surface area contributed by atoms with Gasteiger partial charge in [-0.2, -0.15) is 0 Å². The van der Waals surface area contributed by atoms with Crippen LogP contribution in [0.1, 0.15) is 32.4 Å². The lowest BCUT2D eigenvalue weighted by molar-refractivity contribution is -0.274. The van der Waals surface area contributed by atoms with Crippen LogP contribution in [0.25, 0.3) is 0 Å². The molecule has 1 aromatic rings. The number of carbonyl (C=O) groups is 1. The number of hydrogen-bond donors (Lipinski definition) is 1. The number of nitrogens with one attached hydrogen (secondary N) is 1. The highest BCUT2D eigenvalue weighted by Gasteiger charge is 2.32. The second-order valence-corrected chi connectivity index (χ2v) is 5.38. The van der Waals surface area contributed by atoms with Crippen molar-refractivity contribution in [3.8, 4) is 5.75 Å². The van der Waals surface area contributed by atoms with Gasteiger partial charge in [0.05, 0.1) is 6.04 Å². The number of benzene rings is 1. The molecule has 1 aliphatic rings. The van der Waals surface area contributed by atoms with Crippen LogP contribution in [0, 0.1) is 0 Å². The highest BCUT2D eigenvalue weighted by molar-refractivity contribution is 5.76. The lowest BCUT2D eigenvalue weighted by Gasteiger charge is -2.38. The second kappa shape index (κ2) is 6.94. The number of aliphatic imine (C=N–C) groups is 1. The monoisotopic (exact) mass is 341 g/mol. The van der Waals surface area contributed by atoms with E-state index in [-0.39, 0.29) is 17.7 Å². The molecule has 24 heavy (non-hydrogen) atoms. The van der Waals surface area contributed by atoms with E-state index in [1.54, 1.807) is 18.4 Å².